The zero-order chi connectivity index (χ0) is 24.2. The van der Waals surface area contributed by atoms with Crippen LogP contribution >= 0.6 is 0 Å². The molecular formula is C27H28N2O5. The Balaban J connectivity index is 1.61. The summed E-state index contributed by atoms with van der Waals surface area (Å²) in [6, 6.07) is 26.3. The summed E-state index contributed by atoms with van der Waals surface area (Å²) in [7, 11) is 0. The molecule has 3 aromatic rings. The van der Waals surface area contributed by atoms with Crippen LogP contribution in [-0.2, 0) is 32.3 Å². The monoisotopic (exact) mass is 460 g/mol. The van der Waals surface area contributed by atoms with Crippen molar-refractivity contribution < 1.29 is 23.9 Å². The van der Waals surface area contributed by atoms with Gasteiger partial charge >= 0.3 is 12.1 Å². The van der Waals surface area contributed by atoms with Gasteiger partial charge in [0.15, 0.2) is 0 Å². The summed E-state index contributed by atoms with van der Waals surface area (Å²) in [4.78, 5) is 37.8. The number of carbonyl (C=O) groups excluding carboxylic acids is 3. The molecule has 7 nitrogen and oxygen atoms in total. The highest BCUT2D eigenvalue weighted by atomic mass is 16.5. The van der Waals surface area contributed by atoms with Gasteiger partial charge in [0.2, 0.25) is 5.91 Å². The third-order valence-corrected chi connectivity index (χ3v) is 5.09. The maximum atomic E-state index is 13.0. The number of benzene rings is 3. The van der Waals surface area contributed by atoms with Crippen molar-refractivity contribution in [2.24, 2.45) is 0 Å². The molecule has 3 aromatic carbocycles. The number of esters is 1. The van der Waals surface area contributed by atoms with Crippen LogP contribution in [0.25, 0.3) is 0 Å². The van der Waals surface area contributed by atoms with Crippen LogP contribution < -0.4 is 10.6 Å². The van der Waals surface area contributed by atoms with Gasteiger partial charge in [-0.2, -0.15) is 0 Å². The lowest BCUT2D eigenvalue weighted by Gasteiger charge is -2.21. The van der Waals surface area contributed by atoms with Crippen molar-refractivity contribution in [3.05, 3.63) is 108 Å². The van der Waals surface area contributed by atoms with E-state index in [1.807, 2.05) is 97.9 Å². The molecule has 0 unspecified atom stereocenters. The smallest absolute Gasteiger partial charge is 0.408 e. The first kappa shape index (κ1) is 24.5. The SMILES string of the molecule is C[C@@H](NC(=O)[C@H](CC(=O)OCc1ccccc1)NC(=O)OCc1ccccc1)c1ccccc1. The lowest BCUT2D eigenvalue weighted by Crippen LogP contribution is -2.48. The number of carbonyl (C=O) groups is 3. The Hall–Kier alpha value is -4.13. The second kappa shape index (κ2) is 12.8. The molecule has 0 heterocycles. The fraction of sp³-hybridized carbons (Fsp3) is 0.222. The molecule has 2 N–H and O–H groups in total. The fourth-order valence-electron chi connectivity index (χ4n) is 3.22. The molecule has 176 valence electrons. The van der Waals surface area contributed by atoms with Gasteiger partial charge in [-0.05, 0) is 23.6 Å². The number of alkyl carbamates (subject to hydrolysis) is 1. The van der Waals surface area contributed by atoms with Crippen molar-refractivity contribution in [1.82, 2.24) is 10.6 Å². The van der Waals surface area contributed by atoms with Gasteiger partial charge < -0.3 is 20.1 Å². The summed E-state index contributed by atoms with van der Waals surface area (Å²) in [6.07, 6.45) is -1.13. The van der Waals surface area contributed by atoms with E-state index < -0.39 is 24.0 Å². The molecule has 0 spiro atoms. The molecule has 0 bridgehead atoms. The molecule has 0 aliphatic rings. The Morgan fingerprint density at radius 2 is 1.21 bits per heavy atom. The molecule has 0 aromatic heterocycles. The maximum Gasteiger partial charge on any atom is 0.408 e. The standard InChI is InChI=1S/C27H28N2O5/c1-20(23-15-9-4-10-16-23)28-26(31)24(17-25(30)33-18-21-11-5-2-6-12-21)29-27(32)34-19-22-13-7-3-8-14-22/h2-16,20,24H,17-19H2,1H3,(H,28,31)(H,29,32)/t20-,24+/m1/s1. The first-order valence-corrected chi connectivity index (χ1v) is 11.0. The van der Waals surface area contributed by atoms with Crippen LogP contribution in [0.2, 0.25) is 0 Å². The highest BCUT2D eigenvalue weighted by Crippen LogP contribution is 2.12. The quantitative estimate of drug-likeness (QED) is 0.440. The van der Waals surface area contributed by atoms with Crippen molar-refractivity contribution in [3.8, 4) is 0 Å². The lowest BCUT2D eigenvalue weighted by atomic mass is 10.1. The Kier molecular flexibility index (Phi) is 9.22. The molecule has 3 rings (SSSR count). The average Bonchev–Trinajstić information content (AvgIpc) is 2.87. The van der Waals surface area contributed by atoms with Crippen LogP contribution in [0, 0.1) is 0 Å². The first-order valence-electron chi connectivity index (χ1n) is 11.0. The zero-order valence-electron chi connectivity index (χ0n) is 19.0. The van der Waals surface area contributed by atoms with Crippen molar-refractivity contribution in [2.75, 3.05) is 0 Å². The molecule has 0 saturated carbocycles. The maximum absolute atomic E-state index is 13.0. The van der Waals surface area contributed by atoms with E-state index >= 15 is 0 Å². The Morgan fingerprint density at radius 3 is 1.76 bits per heavy atom. The van der Waals surface area contributed by atoms with Gasteiger partial charge in [0, 0.05) is 0 Å². The van der Waals surface area contributed by atoms with E-state index in [1.165, 1.54) is 0 Å². The summed E-state index contributed by atoms with van der Waals surface area (Å²) in [5.41, 5.74) is 2.52. The van der Waals surface area contributed by atoms with Gasteiger partial charge in [-0.15, -0.1) is 0 Å². The van der Waals surface area contributed by atoms with Crippen molar-refractivity contribution in [2.45, 2.75) is 38.6 Å². The third kappa shape index (κ3) is 8.09. The van der Waals surface area contributed by atoms with E-state index in [4.69, 9.17) is 9.47 Å². The van der Waals surface area contributed by atoms with Crippen LogP contribution in [0.3, 0.4) is 0 Å². The van der Waals surface area contributed by atoms with E-state index in [-0.39, 0.29) is 25.7 Å². The molecular weight excluding hydrogens is 432 g/mol. The summed E-state index contributed by atoms with van der Waals surface area (Å²) in [6.45, 7) is 1.94. The summed E-state index contributed by atoms with van der Waals surface area (Å²) in [5, 5.41) is 5.34. The van der Waals surface area contributed by atoms with E-state index in [0.29, 0.717) is 0 Å². The predicted molar refractivity (Wildman–Crippen MR) is 127 cm³/mol. The number of nitrogens with one attached hydrogen (secondary N) is 2. The molecule has 2 atom stereocenters. The summed E-state index contributed by atoms with van der Waals surface area (Å²) >= 11 is 0. The molecule has 0 fully saturated rings. The van der Waals surface area contributed by atoms with Crippen LogP contribution in [-0.4, -0.2) is 24.0 Å². The lowest BCUT2D eigenvalue weighted by molar-refractivity contribution is -0.147. The van der Waals surface area contributed by atoms with Gasteiger partial charge in [0.1, 0.15) is 19.3 Å². The molecule has 7 heteroatoms. The van der Waals surface area contributed by atoms with Crippen molar-refractivity contribution in [3.63, 3.8) is 0 Å². The average molecular weight is 461 g/mol. The highest BCUT2D eigenvalue weighted by molar-refractivity contribution is 5.89. The number of hydrogen-bond acceptors (Lipinski definition) is 5. The summed E-state index contributed by atoms with van der Waals surface area (Å²) < 4.78 is 10.5. The second-order valence-corrected chi connectivity index (χ2v) is 7.75. The number of hydrogen-bond donors (Lipinski definition) is 2. The molecule has 2 amide bonds. The van der Waals surface area contributed by atoms with Crippen LogP contribution in [0.4, 0.5) is 4.79 Å². The fourth-order valence-corrected chi connectivity index (χ4v) is 3.22. The van der Waals surface area contributed by atoms with Gasteiger partial charge in [0.05, 0.1) is 12.5 Å². The van der Waals surface area contributed by atoms with Crippen LogP contribution in [0.1, 0.15) is 36.1 Å². The van der Waals surface area contributed by atoms with Gasteiger partial charge in [-0.1, -0.05) is 91.0 Å². The molecule has 0 saturated heterocycles. The Labute approximate surface area is 199 Å². The normalized spacial score (nSPS) is 12.1. The minimum Gasteiger partial charge on any atom is -0.461 e. The topological polar surface area (TPSA) is 93.7 Å². The Morgan fingerprint density at radius 1 is 0.706 bits per heavy atom. The second-order valence-electron chi connectivity index (χ2n) is 7.75. The Bertz CT molecular complexity index is 1000. The van der Waals surface area contributed by atoms with Crippen LogP contribution in [0.15, 0.2) is 91.0 Å². The van der Waals surface area contributed by atoms with Crippen LogP contribution in [0.5, 0.6) is 0 Å². The first-order chi connectivity index (χ1) is 16.5. The number of amides is 2. The predicted octanol–water partition coefficient (Wildman–Crippen LogP) is 4.29. The largest absolute Gasteiger partial charge is 0.461 e. The minimum absolute atomic E-state index is 0.0416. The zero-order valence-corrected chi connectivity index (χ0v) is 19.0. The molecule has 34 heavy (non-hydrogen) atoms. The highest BCUT2D eigenvalue weighted by Gasteiger charge is 2.26. The van der Waals surface area contributed by atoms with Gasteiger partial charge in [0.25, 0.3) is 0 Å². The number of ether oxygens (including phenoxy) is 2. The van der Waals surface area contributed by atoms with E-state index in [2.05, 4.69) is 10.6 Å². The number of rotatable bonds is 10. The van der Waals surface area contributed by atoms with E-state index in [1.54, 1.807) is 0 Å². The summed E-state index contributed by atoms with van der Waals surface area (Å²) in [5.74, 6) is -1.12. The molecule has 0 radical (unpaired) electrons. The van der Waals surface area contributed by atoms with Crippen molar-refractivity contribution in [1.29, 1.82) is 0 Å². The van der Waals surface area contributed by atoms with Gasteiger partial charge in [-0.25, -0.2) is 4.79 Å². The van der Waals surface area contributed by atoms with E-state index in [0.717, 1.165) is 16.7 Å². The van der Waals surface area contributed by atoms with Crippen molar-refractivity contribution >= 4 is 18.0 Å². The molecule has 0 aliphatic carbocycles. The molecule has 0 aliphatic heterocycles. The third-order valence-electron chi connectivity index (χ3n) is 5.09. The van der Waals surface area contributed by atoms with E-state index in [9.17, 15) is 14.4 Å². The van der Waals surface area contributed by atoms with Gasteiger partial charge in [-0.3, -0.25) is 9.59 Å². The minimum atomic E-state index is -1.15.